The Bertz CT molecular complexity index is 621. The maximum Gasteiger partial charge on any atom is 0.266 e. The molecule has 0 aromatic heterocycles. The van der Waals surface area contributed by atoms with Crippen molar-refractivity contribution in [2.45, 2.75) is 58.8 Å². The third-order valence-corrected chi connectivity index (χ3v) is 7.98. The molecule has 4 nitrogen and oxygen atoms in total. The first-order valence-corrected chi connectivity index (χ1v) is 9.02. The van der Waals surface area contributed by atoms with Crippen LogP contribution in [0.5, 0.6) is 0 Å². The lowest BCUT2D eigenvalue weighted by Crippen LogP contribution is -2.58. The predicted molar refractivity (Wildman–Crippen MR) is 84.8 cm³/mol. The third kappa shape index (κ3) is 1.72. The van der Waals surface area contributed by atoms with Crippen molar-refractivity contribution in [2.24, 2.45) is 34.5 Å². The lowest BCUT2D eigenvalue weighted by Gasteiger charge is -2.57. The van der Waals surface area contributed by atoms with Crippen LogP contribution in [0.2, 0.25) is 0 Å². The van der Waals surface area contributed by atoms with Crippen LogP contribution in [0.4, 0.5) is 0 Å². The summed E-state index contributed by atoms with van der Waals surface area (Å²) in [6.07, 6.45) is 7.52. The zero-order valence-electron chi connectivity index (χ0n) is 14.0. The molecule has 0 bridgehead atoms. The average Bonchev–Trinajstić information content (AvgIpc) is 2.93. The monoisotopic (exact) mass is 318 g/mol. The molecule has 0 aromatic carbocycles. The standard InChI is InChI=1S/C19H26O4/c1-18-8-3-4-11(18)10-5-6-13-14(20)15(21)16(22)17(23)19(13,2)12(10)7-9-18/h10-13,20-21H,3-9H2,1-2H3/t10-,11-,12-,13?,18-,19+/m0/s1. The fourth-order valence-corrected chi connectivity index (χ4v) is 6.73. The van der Waals surface area contributed by atoms with Gasteiger partial charge in [-0.15, -0.1) is 0 Å². The lowest BCUT2D eigenvalue weighted by molar-refractivity contribution is -0.159. The van der Waals surface area contributed by atoms with Crippen molar-refractivity contribution in [1.29, 1.82) is 0 Å². The maximum absolute atomic E-state index is 12.8. The van der Waals surface area contributed by atoms with Crippen LogP contribution in [0, 0.1) is 34.5 Å². The molecule has 4 rings (SSSR count). The molecule has 0 spiro atoms. The summed E-state index contributed by atoms with van der Waals surface area (Å²) in [6.45, 7) is 4.27. The van der Waals surface area contributed by atoms with Gasteiger partial charge in [-0.2, -0.15) is 0 Å². The van der Waals surface area contributed by atoms with Crippen LogP contribution in [0.3, 0.4) is 0 Å². The fourth-order valence-electron chi connectivity index (χ4n) is 6.73. The molecular weight excluding hydrogens is 292 g/mol. The zero-order valence-corrected chi connectivity index (χ0v) is 14.0. The second-order valence-corrected chi connectivity index (χ2v) is 8.77. The third-order valence-electron chi connectivity index (χ3n) is 7.98. The number of hydrogen-bond donors (Lipinski definition) is 2. The quantitative estimate of drug-likeness (QED) is 0.668. The second-order valence-electron chi connectivity index (χ2n) is 8.77. The van der Waals surface area contributed by atoms with E-state index in [0.717, 1.165) is 19.3 Å². The first-order valence-electron chi connectivity index (χ1n) is 9.02. The van der Waals surface area contributed by atoms with E-state index in [1.807, 2.05) is 6.92 Å². The van der Waals surface area contributed by atoms with Gasteiger partial charge >= 0.3 is 0 Å². The number of ketones is 2. The number of allylic oxidation sites excluding steroid dienone is 2. The van der Waals surface area contributed by atoms with Gasteiger partial charge in [-0.25, -0.2) is 0 Å². The van der Waals surface area contributed by atoms with Gasteiger partial charge in [-0.05, 0) is 61.7 Å². The molecule has 23 heavy (non-hydrogen) atoms. The summed E-state index contributed by atoms with van der Waals surface area (Å²) < 4.78 is 0. The largest absolute Gasteiger partial charge is 0.508 e. The highest BCUT2D eigenvalue weighted by atomic mass is 16.3. The van der Waals surface area contributed by atoms with E-state index in [2.05, 4.69) is 6.92 Å². The average molecular weight is 318 g/mol. The van der Waals surface area contributed by atoms with Gasteiger partial charge in [0.05, 0.1) is 0 Å². The highest BCUT2D eigenvalue weighted by molar-refractivity contribution is 6.45. The zero-order chi connectivity index (χ0) is 16.6. The van der Waals surface area contributed by atoms with Crippen molar-refractivity contribution >= 4 is 11.6 Å². The summed E-state index contributed by atoms with van der Waals surface area (Å²) in [5.74, 6) is -1.43. The van der Waals surface area contributed by atoms with Crippen LogP contribution in [-0.2, 0) is 9.59 Å². The normalized spacial score (nSPS) is 49.7. The van der Waals surface area contributed by atoms with E-state index in [9.17, 15) is 19.8 Å². The van der Waals surface area contributed by atoms with E-state index < -0.39 is 22.7 Å². The van der Waals surface area contributed by atoms with E-state index in [0.29, 0.717) is 23.7 Å². The van der Waals surface area contributed by atoms with Gasteiger partial charge in [0.1, 0.15) is 5.76 Å². The van der Waals surface area contributed by atoms with Gasteiger partial charge in [0, 0.05) is 11.3 Å². The van der Waals surface area contributed by atoms with Crippen LogP contribution in [0.15, 0.2) is 11.5 Å². The Morgan fingerprint density at radius 1 is 0.957 bits per heavy atom. The molecule has 126 valence electrons. The van der Waals surface area contributed by atoms with E-state index in [4.69, 9.17) is 0 Å². The molecule has 3 fully saturated rings. The van der Waals surface area contributed by atoms with Gasteiger partial charge < -0.3 is 10.2 Å². The second kappa shape index (κ2) is 4.61. The van der Waals surface area contributed by atoms with Crippen molar-refractivity contribution in [2.75, 3.05) is 0 Å². The maximum atomic E-state index is 12.8. The summed E-state index contributed by atoms with van der Waals surface area (Å²) in [5, 5.41) is 20.1. The number of aliphatic hydroxyl groups excluding tert-OH is 2. The van der Waals surface area contributed by atoms with Gasteiger partial charge in [0.2, 0.25) is 11.5 Å². The van der Waals surface area contributed by atoms with Crippen LogP contribution < -0.4 is 0 Å². The number of hydrogen-bond acceptors (Lipinski definition) is 4. The van der Waals surface area contributed by atoms with E-state index in [-0.39, 0.29) is 17.6 Å². The number of rotatable bonds is 0. The van der Waals surface area contributed by atoms with Crippen LogP contribution in [-0.4, -0.2) is 21.8 Å². The minimum absolute atomic E-state index is 0.157. The van der Waals surface area contributed by atoms with E-state index >= 15 is 0 Å². The van der Waals surface area contributed by atoms with Crippen molar-refractivity contribution < 1.29 is 19.8 Å². The Kier molecular flexibility index (Phi) is 3.05. The van der Waals surface area contributed by atoms with Gasteiger partial charge in [-0.1, -0.05) is 20.3 Å². The molecule has 0 heterocycles. The van der Waals surface area contributed by atoms with Crippen molar-refractivity contribution in [3.63, 3.8) is 0 Å². The Labute approximate surface area is 137 Å². The number of fused-ring (bicyclic) bond motifs is 5. The molecule has 0 aliphatic heterocycles. The molecular formula is C19H26O4. The van der Waals surface area contributed by atoms with Crippen LogP contribution in [0.25, 0.3) is 0 Å². The summed E-state index contributed by atoms with van der Waals surface area (Å²) >= 11 is 0. The molecule has 0 saturated heterocycles. The molecule has 4 aliphatic rings. The molecule has 3 saturated carbocycles. The molecule has 4 aliphatic carbocycles. The summed E-state index contributed by atoms with van der Waals surface area (Å²) in [4.78, 5) is 25.0. The fraction of sp³-hybridized carbons (Fsp3) is 0.789. The van der Waals surface area contributed by atoms with Crippen LogP contribution in [0.1, 0.15) is 58.8 Å². The van der Waals surface area contributed by atoms with Crippen molar-refractivity contribution in [3.05, 3.63) is 11.5 Å². The number of aliphatic hydroxyl groups is 2. The molecule has 4 heteroatoms. The number of Topliss-reactive ketones (excluding diaryl/α,β-unsaturated/α-hetero) is 2. The molecule has 0 amide bonds. The minimum Gasteiger partial charge on any atom is -0.508 e. The topological polar surface area (TPSA) is 74.6 Å². The molecule has 1 unspecified atom stereocenters. The van der Waals surface area contributed by atoms with Crippen molar-refractivity contribution in [1.82, 2.24) is 0 Å². The van der Waals surface area contributed by atoms with Crippen molar-refractivity contribution in [3.8, 4) is 0 Å². The summed E-state index contributed by atoms with van der Waals surface area (Å²) in [6, 6.07) is 0. The van der Waals surface area contributed by atoms with E-state index in [1.54, 1.807) is 0 Å². The van der Waals surface area contributed by atoms with Crippen LogP contribution >= 0.6 is 0 Å². The van der Waals surface area contributed by atoms with Gasteiger partial charge in [-0.3, -0.25) is 9.59 Å². The highest BCUT2D eigenvalue weighted by Gasteiger charge is 2.63. The molecule has 0 aromatic rings. The number of carbonyl (C=O) groups excluding carboxylic acids is 2. The predicted octanol–water partition coefficient (Wildman–Crippen LogP) is 3.71. The number of carbonyl (C=O) groups is 2. The van der Waals surface area contributed by atoms with E-state index in [1.165, 1.54) is 19.3 Å². The summed E-state index contributed by atoms with van der Waals surface area (Å²) in [7, 11) is 0. The van der Waals surface area contributed by atoms with Gasteiger partial charge in [0.25, 0.3) is 5.78 Å². The summed E-state index contributed by atoms with van der Waals surface area (Å²) in [5.41, 5.74) is -0.438. The minimum atomic E-state index is -0.887. The smallest absolute Gasteiger partial charge is 0.266 e. The SMILES string of the molecule is C[C@@]12CCC[C@H]1[C@@H]1CCC3C(O)=C(O)C(=O)C(=O)[C@]3(C)[C@H]1CC2. The first kappa shape index (κ1) is 15.2. The molecule has 2 N–H and O–H groups in total. The Hall–Kier alpha value is -1.32. The lowest BCUT2D eigenvalue weighted by atomic mass is 9.45. The first-order chi connectivity index (χ1) is 10.8. The van der Waals surface area contributed by atoms with Gasteiger partial charge in [0.15, 0.2) is 0 Å². The Morgan fingerprint density at radius 2 is 1.70 bits per heavy atom. The highest BCUT2D eigenvalue weighted by Crippen LogP contribution is 2.65. The Morgan fingerprint density at radius 3 is 2.43 bits per heavy atom. The molecule has 0 radical (unpaired) electrons. The molecule has 6 atom stereocenters. The Balaban J connectivity index is 1.77.